The number of rotatable bonds is 5. The minimum atomic E-state index is 0. The molecule has 2 aliphatic carbocycles. The molecule has 2 heterocycles. The van der Waals surface area contributed by atoms with E-state index in [1.165, 1.54) is 51.5 Å². The molecule has 30 heavy (non-hydrogen) atoms. The van der Waals surface area contributed by atoms with Crippen LogP contribution in [0.1, 0.15) is 64.7 Å². The van der Waals surface area contributed by atoms with Gasteiger partial charge < -0.3 is 15.1 Å². The SMILES string of the molecule is CCNC(=NCCN1CCN(C(=O)C2CCC2)CC1)N1CCC2(CCCCC2)C1.I. The van der Waals surface area contributed by atoms with Gasteiger partial charge >= 0.3 is 0 Å². The van der Waals surface area contributed by atoms with Gasteiger partial charge in [-0.1, -0.05) is 25.7 Å². The normalized spacial score (nSPS) is 25.2. The first kappa shape index (κ1) is 24.1. The number of likely N-dealkylation sites (tertiary alicyclic amines) is 1. The lowest BCUT2D eigenvalue weighted by molar-refractivity contribution is -0.139. The Morgan fingerprint density at radius 3 is 2.33 bits per heavy atom. The zero-order chi connectivity index (χ0) is 20.1. The molecule has 4 rings (SSSR count). The molecule has 1 amide bonds. The summed E-state index contributed by atoms with van der Waals surface area (Å²) in [7, 11) is 0. The second-order valence-corrected chi connectivity index (χ2v) is 9.76. The number of guanidine groups is 1. The van der Waals surface area contributed by atoms with Crippen molar-refractivity contribution in [3.63, 3.8) is 0 Å². The number of aliphatic imine (C=N–C) groups is 1. The summed E-state index contributed by atoms with van der Waals surface area (Å²) >= 11 is 0. The molecule has 172 valence electrons. The van der Waals surface area contributed by atoms with E-state index in [2.05, 4.69) is 26.9 Å². The zero-order valence-electron chi connectivity index (χ0n) is 18.9. The zero-order valence-corrected chi connectivity index (χ0v) is 21.2. The van der Waals surface area contributed by atoms with Crippen LogP contribution in [0.15, 0.2) is 4.99 Å². The molecule has 7 heteroatoms. The lowest BCUT2D eigenvalue weighted by Gasteiger charge is -2.38. The predicted octanol–water partition coefficient (Wildman–Crippen LogP) is 3.17. The van der Waals surface area contributed by atoms with Gasteiger partial charge in [-0.2, -0.15) is 0 Å². The Labute approximate surface area is 200 Å². The maximum Gasteiger partial charge on any atom is 0.225 e. The Bertz CT molecular complexity index is 580. The molecular weight excluding hydrogens is 489 g/mol. The van der Waals surface area contributed by atoms with Crippen molar-refractivity contribution in [1.29, 1.82) is 0 Å². The van der Waals surface area contributed by atoms with Gasteiger partial charge in [-0.3, -0.25) is 14.7 Å². The average molecular weight is 532 g/mol. The van der Waals surface area contributed by atoms with Crippen LogP contribution in [0.3, 0.4) is 0 Å². The molecule has 0 unspecified atom stereocenters. The largest absolute Gasteiger partial charge is 0.357 e. The van der Waals surface area contributed by atoms with E-state index in [9.17, 15) is 4.79 Å². The van der Waals surface area contributed by atoms with Crippen LogP contribution in [0.4, 0.5) is 0 Å². The van der Waals surface area contributed by atoms with Crippen molar-refractivity contribution in [3.05, 3.63) is 0 Å². The van der Waals surface area contributed by atoms with Crippen LogP contribution < -0.4 is 5.32 Å². The minimum Gasteiger partial charge on any atom is -0.357 e. The molecule has 0 aromatic carbocycles. The van der Waals surface area contributed by atoms with Crippen LogP contribution in [0, 0.1) is 11.3 Å². The second-order valence-electron chi connectivity index (χ2n) is 9.76. The summed E-state index contributed by atoms with van der Waals surface area (Å²) in [4.78, 5) is 24.5. The van der Waals surface area contributed by atoms with Crippen molar-refractivity contribution in [1.82, 2.24) is 20.0 Å². The summed E-state index contributed by atoms with van der Waals surface area (Å²) in [6.45, 7) is 11.1. The molecular formula is C23H42IN5O. The highest BCUT2D eigenvalue weighted by Crippen LogP contribution is 2.43. The first-order chi connectivity index (χ1) is 14.2. The Kier molecular flexibility index (Phi) is 9.10. The number of piperazine rings is 1. The van der Waals surface area contributed by atoms with Crippen molar-refractivity contribution in [2.24, 2.45) is 16.3 Å². The summed E-state index contributed by atoms with van der Waals surface area (Å²) in [5, 5.41) is 3.54. The van der Waals surface area contributed by atoms with Crippen molar-refractivity contribution < 1.29 is 4.79 Å². The number of amides is 1. The molecule has 0 aromatic heterocycles. The maximum atomic E-state index is 12.4. The lowest BCUT2D eigenvalue weighted by atomic mass is 9.73. The number of carbonyl (C=O) groups is 1. The number of carbonyl (C=O) groups excluding carboxylic acids is 1. The molecule has 0 bridgehead atoms. The number of nitrogens with one attached hydrogen (secondary N) is 1. The monoisotopic (exact) mass is 531 g/mol. The predicted molar refractivity (Wildman–Crippen MR) is 133 cm³/mol. The summed E-state index contributed by atoms with van der Waals surface area (Å²) in [5.41, 5.74) is 0.567. The van der Waals surface area contributed by atoms with Gasteiger partial charge in [0, 0.05) is 58.3 Å². The molecule has 2 aliphatic heterocycles. The molecule has 1 spiro atoms. The molecule has 4 aliphatic rings. The van der Waals surface area contributed by atoms with Gasteiger partial charge in [-0.05, 0) is 44.4 Å². The van der Waals surface area contributed by atoms with Crippen LogP contribution >= 0.6 is 24.0 Å². The van der Waals surface area contributed by atoms with E-state index in [-0.39, 0.29) is 24.0 Å². The third-order valence-electron chi connectivity index (χ3n) is 7.80. The van der Waals surface area contributed by atoms with Crippen LogP contribution in [-0.2, 0) is 4.79 Å². The van der Waals surface area contributed by atoms with E-state index in [1.807, 2.05) is 0 Å². The van der Waals surface area contributed by atoms with Crippen LogP contribution in [0.25, 0.3) is 0 Å². The van der Waals surface area contributed by atoms with Crippen LogP contribution in [-0.4, -0.2) is 85.5 Å². The first-order valence-electron chi connectivity index (χ1n) is 12.2. The second kappa shape index (κ2) is 11.3. The Balaban J connectivity index is 0.00000256. The van der Waals surface area contributed by atoms with Crippen molar-refractivity contribution >= 4 is 35.8 Å². The summed E-state index contributed by atoms with van der Waals surface area (Å²) < 4.78 is 0. The highest BCUT2D eigenvalue weighted by atomic mass is 127. The van der Waals surface area contributed by atoms with Gasteiger partial charge in [-0.15, -0.1) is 24.0 Å². The lowest BCUT2D eigenvalue weighted by Crippen LogP contribution is -2.51. The summed E-state index contributed by atoms with van der Waals surface area (Å²) in [5.74, 6) is 1.87. The number of nitrogens with zero attached hydrogens (tertiary/aromatic N) is 4. The Hall–Kier alpha value is -0.570. The molecule has 0 aromatic rings. The van der Waals surface area contributed by atoms with Gasteiger partial charge in [0.05, 0.1) is 6.54 Å². The van der Waals surface area contributed by atoms with E-state index in [0.717, 1.165) is 71.2 Å². The van der Waals surface area contributed by atoms with Gasteiger partial charge in [0.2, 0.25) is 5.91 Å². The number of halogens is 1. The topological polar surface area (TPSA) is 51.2 Å². The van der Waals surface area contributed by atoms with E-state index >= 15 is 0 Å². The standard InChI is InChI=1S/C23H41N5O.HI/c1-2-24-22(28-13-11-23(19-28)9-4-3-5-10-23)25-12-14-26-15-17-27(18-16-26)21(29)20-7-6-8-20;/h20H,2-19H2,1H3,(H,24,25);1H. The van der Waals surface area contributed by atoms with Crippen LogP contribution in [0.5, 0.6) is 0 Å². The minimum absolute atomic E-state index is 0. The maximum absolute atomic E-state index is 12.4. The Morgan fingerprint density at radius 2 is 1.70 bits per heavy atom. The molecule has 1 N–H and O–H groups in total. The van der Waals surface area contributed by atoms with Gasteiger partial charge in [-0.25, -0.2) is 0 Å². The fourth-order valence-electron chi connectivity index (χ4n) is 5.65. The summed E-state index contributed by atoms with van der Waals surface area (Å²) in [6, 6.07) is 0. The average Bonchev–Trinajstić information content (AvgIpc) is 3.10. The first-order valence-corrected chi connectivity index (χ1v) is 12.2. The third kappa shape index (κ3) is 5.81. The molecule has 0 atom stereocenters. The third-order valence-corrected chi connectivity index (χ3v) is 7.80. The van der Waals surface area contributed by atoms with Gasteiger partial charge in [0.1, 0.15) is 0 Å². The smallest absolute Gasteiger partial charge is 0.225 e. The van der Waals surface area contributed by atoms with Crippen molar-refractivity contribution in [2.75, 3.05) is 58.9 Å². The molecule has 4 fully saturated rings. The summed E-state index contributed by atoms with van der Waals surface area (Å²) in [6.07, 6.45) is 11.9. The highest BCUT2D eigenvalue weighted by molar-refractivity contribution is 14.0. The van der Waals surface area contributed by atoms with E-state index in [4.69, 9.17) is 4.99 Å². The molecule has 2 saturated heterocycles. The molecule has 0 radical (unpaired) electrons. The number of hydrogen-bond donors (Lipinski definition) is 1. The fourth-order valence-corrected chi connectivity index (χ4v) is 5.65. The van der Waals surface area contributed by atoms with Gasteiger partial charge in [0.25, 0.3) is 0 Å². The van der Waals surface area contributed by atoms with E-state index in [0.29, 0.717) is 17.2 Å². The fraction of sp³-hybridized carbons (Fsp3) is 0.913. The van der Waals surface area contributed by atoms with E-state index < -0.39 is 0 Å². The van der Waals surface area contributed by atoms with E-state index in [1.54, 1.807) is 0 Å². The van der Waals surface area contributed by atoms with Gasteiger partial charge in [0.15, 0.2) is 5.96 Å². The van der Waals surface area contributed by atoms with Crippen molar-refractivity contribution in [2.45, 2.75) is 64.7 Å². The van der Waals surface area contributed by atoms with Crippen molar-refractivity contribution in [3.8, 4) is 0 Å². The molecule has 6 nitrogen and oxygen atoms in total. The highest BCUT2D eigenvalue weighted by Gasteiger charge is 2.39. The Morgan fingerprint density at radius 1 is 0.967 bits per heavy atom. The number of hydrogen-bond acceptors (Lipinski definition) is 3. The van der Waals surface area contributed by atoms with Crippen LogP contribution in [0.2, 0.25) is 0 Å². The molecule has 2 saturated carbocycles. The quantitative estimate of drug-likeness (QED) is 0.337.